The van der Waals surface area contributed by atoms with Crippen molar-refractivity contribution in [3.63, 3.8) is 0 Å². The molecule has 2 rings (SSSR count). The van der Waals surface area contributed by atoms with Crippen LogP contribution in [0.25, 0.3) is 0 Å². The summed E-state index contributed by atoms with van der Waals surface area (Å²) in [5, 5.41) is 0. The first-order chi connectivity index (χ1) is 9.69. The van der Waals surface area contributed by atoms with E-state index in [1.807, 2.05) is 54.6 Å². The molecule has 3 heteroatoms. The van der Waals surface area contributed by atoms with Gasteiger partial charge in [-0.1, -0.05) is 42.5 Å². The Balaban J connectivity index is 2.16. The van der Waals surface area contributed by atoms with E-state index in [1.165, 1.54) is 6.92 Å². The Morgan fingerprint density at radius 3 is 2.25 bits per heavy atom. The fourth-order valence-corrected chi connectivity index (χ4v) is 2.07. The van der Waals surface area contributed by atoms with E-state index in [0.717, 1.165) is 16.9 Å². The molecule has 2 aromatic rings. The first-order valence-electron chi connectivity index (χ1n) is 6.54. The predicted molar refractivity (Wildman–Crippen MR) is 77.6 cm³/mol. The molecule has 0 bridgehead atoms. The van der Waals surface area contributed by atoms with Crippen LogP contribution in [0.3, 0.4) is 0 Å². The summed E-state index contributed by atoms with van der Waals surface area (Å²) in [6.07, 6.45) is 0.384. The van der Waals surface area contributed by atoms with Crippen LogP contribution < -0.4 is 4.74 Å². The lowest BCUT2D eigenvalue weighted by atomic mass is 10.0. The fourth-order valence-electron chi connectivity index (χ4n) is 2.07. The van der Waals surface area contributed by atoms with Gasteiger partial charge in [0.25, 0.3) is 0 Å². The highest BCUT2D eigenvalue weighted by atomic mass is 16.5. The number of carbonyl (C=O) groups is 1. The first kappa shape index (κ1) is 14.1. The Hall–Kier alpha value is -2.29. The molecule has 0 amide bonds. The minimum atomic E-state index is -0.271. The normalized spacial score (nSPS) is 11.7. The predicted octanol–water partition coefficient (Wildman–Crippen LogP) is 3.54. The number of methoxy groups -OCH3 is 1. The Morgan fingerprint density at radius 2 is 1.70 bits per heavy atom. The molecule has 20 heavy (non-hydrogen) atoms. The molecule has 0 saturated heterocycles. The maximum Gasteiger partial charge on any atom is 0.303 e. The second kappa shape index (κ2) is 6.75. The largest absolute Gasteiger partial charge is 0.497 e. The second-order valence-electron chi connectivity index (χ2n) is 4.56. The molecule has 2 aromatic carbocycles. The number of hydrogen-bond acceptors (Lipinski definition) is 3. The minimum absolute atomic E-state index is 0.262. The Kier molecular flexibility index (Phi) is 4.77. The number of hydrogen-bond donors (Lipinski definition) is 0. The molecule has 104 valence electrons. The summed E-state index contributed by atoms with van der Waals surface area (Å²) in [6, 6.07) is 17.6. The van der Waals surface area contributed by atoms with E-state index >= 15 is 0 Å². The van der Waals surface area contributed by atoms with Crippen molar-refractivity contribution in [2.75, 3.05) is 7.11 Å². The van der Waals surface area contributed by atoms with E-state index in [2.05, 4.69) is 0 Å². The van der Waals surface area contributed by atoms with Crippen LogP contribution in [0.5, 0.6) is 5.75 Å². The van der Waals surface area contributed by atoms with Gasteiger partial charge in [-0.2, -0.15) is 0 Å². The average Bonchev–Trinajstić information content (AvgIpc) is 2.48. The van der Waals surface area contributed by atoms with Crippen molar-refractivity contribution in [2.24, 2.45) is 0 Å². The number of esters is 1. The number of benzene rings is 2. The Morgan fingerprint density at radius 1 is 1.05 bits per heavy atom. The highest BCUT2D eigenvalue weighted by Gasteiger charge is 2.15. The van der Waals surface area contributed by atoms with Crippen molar-refractivity contribution in [1.82, 2.24) is 0 Å². The van der Waals surface area contributed by atoms with Crippen LogP contribution in [0, 0.1) is 0 Å². The van der Waals surface area contributed by atoms with Crippen molar-refractivity contribution < 1.29 is 14.3 Å². The lowest BCUT2D eigenvalue weighted by Gasteiger charge is -2.17. The van der Waals surface area contributed by atoms with Gasteiger partial charge in [0.2, 0.25) is 0 Å². The summed E-state index contributed by atoms with van der Waals surface area (Å²) < 4.78 is 10.6. The smallest absolute Gasteiger partial charge is 0.303 e. The molecule has 0 radical (unpaired) electrons. The zero-order valence-electron chi connectivity index (χ0n) is 11.7. The van der Waals surface area contributed by atoms with Gasteiger partial charge in [0, 0.05) is 13.3 Å². The third kappa shape index (κ3) is 3.85. The van der Waals surface area contributed by atoms with Crippen LogP contribution in [-0.2, 0) is 16.0 Å². The fraction of sp³-hybridized carbons (Fsp3) is 0.235. The van der Waals surface area contributed by atoms with Gasteiger partial charge in [-0.05, 0) is 23.3 Å². The van der Waals surface area contributed by atoms with Gasteiger partial charge in [0.05, 0.1) is 7.11 Å². The van der Waals surface area contributed by atoms with Crippen molar-refractivity contribution in [2.45, 2.75) is 19.4 Å². The van der Waals surface area contributed by atoms with Crippen molar-refractivity contribution in [3.05, 3.63) is 65.7 Å². The number of rotatable bonds is 5. The van der Waals surface area contributed by atoms with Crippen LogP contribution in [0.4, 0.5) is 0 Å². The van der Waals surface area contributed by atoms with E-state index in [0.29, 0.717) is 6.42 Å². The van der Waals surface area contributed by atoms with E-state index < -0.39 is 0 Å². The zero-order valence-corrected chi connectivity index (χ0v) is 11.7. The molecule has 0 aliphatic carbocycles. The third-order valence-corrected chi connectivity index (χ3v) is 3.06. The van der Waals surface area contributed by atoms with Gasteiger partial charge in [0.1, 0.15) is 11.9 Å². The van der Waals surface area contributed by atoms with Crippen LogP contribution in [-0.4, -0.2) is 13.1 Å². The molecule has 0 saturated carbocycles. The van der Waals surface area contributed by atoms with Gasteiger partial charge in [-0.15, -0.1) is 0 Å². The van der Waals surface area contributed by atoms with Gasteiger partial charge in [-0.3, -0.25) is 4.79 Å². The van der Waals surface area contributed by atoms with E-state index in [4.69, 9.17) is 9.47 Å². The maximum atomic E-state index is 11.3. The van der Waals surface area contributed by atoms with E-state index in [1.54, 1.807) is 7.11 Å². The SMILES string of the molecule is COc1ccc(CC(OC(C)=O)c2ccccc2)cc1. The monoisotopic (exact) mass is 270 g/mol. The standard InChI is InChI=1S/C17H18O3/c1-13(18)20-17(15-6-4-3-5-7-15)12-14-8-10-16(19-2)11-9-14/h3-11,17H,12H2,1-2H3. The van der Waals surface area contributed by atoms with E-state index in [-0.39, 0.29) is 12.1 Å². The Labute approximate surface area is 119 Å². The highest BCUT2D eigenvalue weighted by Crippen LogP contribution is 2.23. The molecule has 1 atom stereocenters. The van der Waals surface area contributed by atoms with Crippen LogP contribution in [0.15, 0.2) is 54.6 Å². The van der Waals surface area contributed by atoms with E-state index in [9.17, 15) is 4.79 Å². The molecule has 0 heterocycles. The maximum absolute atomic E-state index is 11.3. The minimum Gasteiger partial charge on any atom is -0.497 e. The summed E-state index contributed by atoms with van der Waals surface area (Å²) in [5.74, 6) is 0.546. The Bertz CT molecular complexity index is 546. The highest BCUT2D eigenvalue weighted by molar-refractivity contribution is 5.66. The topological polar surface area (TPSA) is 35.5 Å². The van der Waals surface area contributed by atoms with Crippen LogP contribution in [0.2, 0.25) is 0 Å². The average molecular weight is 270 g/mol. The molecule has 1 unspecified atom stereocenters. The quantitative estimate of drug-likeness (QED) is 0.779. The molecule has 0 spiro atoms. The molecule has 0 fully saturated rings. The third-order valence-electron chi connectivity index (χ3n) is 3.06. The number of ether oxygens (including phenoxy) is 2. The molecular weight excluding hydrogens is 252 g/mol. The lowest BCUT2D eigenvalue weighted by molar-refractivity contribution is -0.146. The summed E-state index contributed by atoms with van der Waals surface area (Å²) in [6.45, 7) is 1.43. The second-order valence-corrected chi connectivity index (χ2v) is 4.56. The summed E-state index contributed by atoms with van der Waals surface area (Å²) in [7, 11) is 1.64. The molecule has 0 aliphatic rings. The van der Waals surface area contributed by atoms with Crippen LogP contribution >= 0.6 is 0 Å². The molecular formula is C17H18O3. The van der Waals surface area contributed by atoms with Crippen molar-refractivity contribution in [1.29, 1.82) is 0 Å². The molecule has 3 nitrogen and oxygen atoms in total. The van der Waals surface area contributed by atoms with Crippen molar-refractivity contribution >= 4 is 5.97 Å². The molecule has 0 aromatic heterocycles. The van der Waals surface area contributed by atoms with Gasteiger partial charge < -0.3 is 9.47 Å². The van der Waals surface area contributed by atoms with Gasteiger partial charge in [-0.25, -0.2) is 0 Å². The first-order valence-corrected chi connectivity index (χ1v) is 6.54. The summed E-state index contributed by atoms with van der Waals surface area (Å²) in [5.41, 5.74) is 2.10. The van der Waals surface area contributed by atoms with Crippen molar-refractivity contribution in [3.8, 4) is 5.75 Å². The van der Waals surface area contributed by atoms with Gasteiger partial charge in [0.15, 0.2) is 0 Å². The molecule has 0 aliphatic heterocycles. The number of carbonyl (C=O) groups excluding carboxylic acids is 1. The van der Waals surface area contributed by atoms with Gasteiger partial charge >= 0.3 is 5.97 Å². The lowest BCUT2D eigenvalue weighted by Crippen LogP contribution is -2.11. The van der Waals surface area contributed by atoms with Crippen LogP contribution in [0.1, 0.15) is 24.2 Å². The summed E-state index contributed by atoms with van der Waals surface area (Å²) in [4.78, 5) is 11.3. The summed E-state index contributed by atoms with van der Waals surface area (Å²) >= 11 is 0. The molecule has 0 N–H and O–H groups in total. The zero-order chi connectivity index (χ0) is 14.4.